The molecule has 0 aromatic heterocycles. The summed E-state index contributed by atoms with van der Waals surface area (Å²) >= 11 is 0. The van der Waals surface area contributed by atoms with E-state index >= 15 is 0 Å². The van der Waals surface area contributed by atoms with Crippen LogP contribution in [0.2, 0.25) is 0 Å². The van der Waals surface area contributed by atoms with Crippen LogP contribution in [-0.4, -0.2) is 5.09 Å². The van der Waals surface area contributed by atoms with Gasteiger partial charge in [0.25, 0.3) is 0 Å². The zero-order valence-electron chi connectivity index (χ0n) is 4.05. The van der Waals surface area contributed by atoms with Gasteiger partial charge in [0.1, 0.15) is 0 Å². The van der Waals surface area contributed by atoms with Crippen molar-refractivity contribution in [2.24, 2.45) is 0 Å². The SMILES string of the molecule is O=[N+]([O-])[O-].[Br-].[Na+].[Na+]. The van der Waals surface area contributed by atoms with Crippen LogP contribution in [0.25, 0.3) is 0 Å². The number of hydrogen-bond donors (Lipinski definition) is 0. The number of rotatable bonds is 0. The fourth-order valence-corrected chi connectivity index (χ4v) is 0. The maximum atomic E-state index is 8.25. The average Bonchev–Trinajstić information content (AvgIpc) is 0.811. The normalized spacial score (nSPS) is 3.43. The second-order valence-electron chi connectivity index (χ2n) is 0.224. The molecule has 4 nitrogen and oxygen atoms in total. The van der Waals surface area contributed by atoms with Crippen LogP contribution in [0.4, 0.5) is 0 Å². The molecule has 0 aromatic carbocycles. The topological polar surface area (TPSA) is 66.2 Å². The van der Waals surface area contributed by atoms with E-state index in [2.05, 4.69) is 0 Å². The van der Waals surface area contributed by atoms with Gasteiger partial charge in [-0.2, -0.15) is 0 Å². The monoisotopic (exact) mass is 187 g/mol. The van der Waals surface area contributed by atoms with Gasteiger partial charge in [-0.3, -0.25) is 0 Å². The number of nitrogens with zero attached hydrogens (tertiary/aromatic N) is 1. The van der Waals surface area contributed by atoms with Crippen molar-refractivity contribution in [3.8, 4) is 0 Å². The van der Waals surface area contributed by atoms with Crippen molar-refractivity contribution in [1.82, 2.24) is 0 Å². The van der Waals surface area contributed by atoms with Crippen molar-refractivity contribution in [1.29, 1.82) is 0 Å². The molecule has 7 heteroatoms. The molecule has 0 saturated heterocycles. The standard InChI is InChI=1S/BrH.NO3.2Na/c;2-1(3)4;;/h1H;;;/q;-1;2*+1/p-1. The predicted molar refractivity (Wildman–Crippen MR) is 10.4 cm³/mol. The van der Waals surface area contributed by atoms with E-state index in [1.54, 1.807) is 0 Å². The first-order valence-electron chi connectivity index (χ1n) is 0.548. The fourth-order valence-electron chi connectivity index (χ4n) is 0. The van der Waals surface area contributed by atoms with Gasteiger partial charge in [-0.1, -0.05) is 0 Å². The van der Waals surface area contributed by atoms with E-state index in [1.807, 2.05) is 0 Å². The molecule has 0 radical (unpaired) electrons. The third-order valence-electron chi connectivity index (χ3n) is 0. The molecule has 0 aromatic rings. The molecule has 0 unspecified atom stereocenters. The van der Waals surface area contributed by atoms with Crippen molar-refractivity contribution in [2.75, 3.05) is 0 Å². The summed E-state index contributed by atoms with van der Waals surface area (Å²) in [6, 6.07) is 0. The van der Waals surface area contributed by atoms with Gasteiger partial charge in [-0.15, -0.1) is 0 Å². The van der Waals surface area contributed by atoms with Crippen molar-refractivity contribution in [2.45, 2.75) is 0 Å². The Morgan fingerprint density at radius 2 is 1.14 bits per heavy atom. The van der Waals surface area contributed by atoms with Crippen LogP contribution < -0.4 is 76.1 Å². The van der Waals surface area contributed by atoms with E-state index in [0.29, 0.717) is 0 Å². The third-order valence-corrected chi connectivity index (χ3v) is 0. The third kappa shape index (κ3) is 87.8. The largest absolute Gasteiger partial charge is 1.00 e. The van der Waals surface area contributed by atoms with Gasteiger partial charge >= 0.3 is 59.1 Å². The van der Waals surface area contributed by atoms with Crippen molar-refractivity contribution in [3.63, 3.8) is 0 Å². The maximum absolute atomic E-state index is 8.25. The fraction of sp³-hybridized carbons (Fsp3) is 0. The first-order valence-corrected chi connectivity index (χ1v) is 0.548. The van der Waals surface area contributed by atoms with Crippen LogP contribution >= 0.6 is 0 Å². The summed E-state index contributed by atoms with van der Waals surface area (Å²) in [4.78, 5) is 8.25. The molecule has 0 N–H and O–H groups in total. The second-order valence-corrected chi connectivity index (χ2v) is 0.224. The van der Waals surface area contributed by atoms with Crippen LogP contribution in [0.5, 0.6) is 0 Å². The van der Waals surface area contributed by atoms with Gasteiger partial charge in [-0.05, 0) is 0 Å². The minimum Gasteiger partial charge on any atom is -1.00 e. The molecule has 0 saturated carbocycles. The van der Waals surface area contributed by atoms with Gasteiger partial charge in [0, 0.05) is 0 Å². The van der Waals surface area contributed by atoms with Gasteiger partial charge in [0.2, 0.25) is 0 Å². The Morgan fingerprint density at radius 1 is 1.14 bits per heavy atom. The molecular formula is BrNNa2O3. The minimum absolute atomic E-state index is 0. The number of halogens is 1. The molecule has 0 heterocycles. The Balaban J connectivity index is -0.0000000150. The zero-order valence-corrected chi connectivity index (χ0v) is 9.64. The van der Waals surface area contributed by atoms with Crippen LogP contribution in [0.1, 0.15) is 0 Å². The zero-order chi connectivity index (χ0) is 3.58. The quantitative estimate of drug-likeness (QED) is 0.215. The Bertz CT molecular complexity index is 35.9. The molecule has 0 aliphatic carbocycles. The van der Waals surface area contributed by atoms with Gasteiger partial charge in [-0.25, -0.2) is 0 Å². The van der Waals surface area contributed by atoms with E-state index in [0.717, 1.165) is 0 Å². The van der Waals surface area contributed by atoms with E-state index in [-0.39, 0.29) is 76.1 Å². The molecule has 0 aliphatic heterocycles. The molecule has 32 valence electrons. The summed E-state index contributed by atoms with van der Waals surface area (Å²) in [5.74, 6) is 0. The second kappa shape index (κ2) is 15.6. The predicted octanol–water partition coefficient (Wildman–Crippen LogP) is -9.23. The van der Waals surface area contributed by atoms with Crippen molar-refractivity contribution in [3.05, 3.63) is 15.3 Å². The Hall–Kier alpha value is 1.68. The summed E-state index contributed by atoms with van der Waals surface area (Å²) in [6.45, 7) is 0. The smallest absolute Gasteiger partial charge is 1.00 e. The van der Waals surface area contributed by atoms with Crippen molar-refractivity contribution >= 4 is 0 Å². The summed E-state index contributed by atoms with van der Waals surface area (Å²) in [5, 5.41) is 14.8. The van der Waals surface area contributed by atoms with Crippen LogP contribution in [0.3, 0.4) is 0 Å². The summed E-state index contributed by atoms with van der Waals surface area (Å²) < 4.78 is 0. The van der Waals surface area contributed by atoms with E-state index < -0.39 is 5.09 Å². The maximum Gasteiger partial charge on any atom is 1.00 e. The molecule has 0 bridgehead atoms. The molecule has 0 atom stereocenters. The summed E-state index contributed by atoms with van der Waals surface area (Å²) in [6.07, 6.45) is 0. The first kappa shape index (κ1) is 23.4. The number of hydrogen-bond acceptors (Lipinski definition) is 3. The molecule has 0 rings (SSSR count). The minimum atomic E-state index is -1.75. The molecule has 7 heavy (non-hydrogen) atoms. The Labute approximate surface area is 95.1 Å². The molecular weight excluding hydrogens is 188 g/mol. The van der Waals surface area contributed by atoms with Gasteiger partial charge < -0.3 is 32.3 Å². The van der Waals surface area contributed by atoms with E-state index in [1.165, 1.54) is 0 Å². The molecule has 0 fully saturated rings. The molecule has 0 aliphatic rings. The van der Waals surface area contributed by atoms with Crippen LogP contribution in [0.15, 0.2) is 0 Å². The Morgan fingerprint density at radius 3 is 1.14 bits per heavy atom. The van der Waals surface area contributed by atoms with Crippen LogP contribution in [0, 0.1) is 15.3 Å². The summed E-state index contributed by atoms with van der Waals surface area (Å²) in [7, 11) is 0. The average molecular weight is 188 g/mol. The van der Waals surface area contributed by atoms with Crippen LogP contribution in [-0.2, 0) is 0 Å². The first-order chi connectivity index (χ1) is 1.73. The molecule has 0 spiro atoms. The Kier molecular flexibility index (Phi) is 52.2. The molecule has 0 amide bonds. The van der Waals surface area contributed by atoms with E-state index in [9.17, 15) is 0 Å². The van der Waals surface area contributed by atoms with Crippen molar-refractivity contribution < 1.29 is 81.2 Å². The van der Waals surface area contributed by atoms with Gasteiger partial charge in [0.05, 0.1) is 5.09 Å². The van der Waals surface area contributed by atoms with E-state index in [4.69, 9.17) is 15.3 Å². The van der Waals surface area contributed by atoms with Gasteiger partial charge in [0.15, 0.2) is 0 Å². The summed E-state index contributed by atoms with van der Waals surface area (Å²) in [5.41, 5.74) is 0.